The third-order valence-corrected chi connectivity index (χ3v) is 2.88. The molecule has 0 unspecified atom stereocenters. The molecule has 0 radical (unpaired) electrons. The van der Waals surface area contributed by atoms with Gasteiger partial charge in [0.1, 0.15) is 0 Å². The molecule has 1 aliphatic rings. The second-order valence-corrected chi connectivity index (χ2v) is 4.03. The van der Waals surface area contributed by atoms with Gasteiger partial charge in [-0.15, -0.1) is 0 Å². The second kappa shape index (κ2) is 6.82. The van der Waals surface area contributed by atoms with Gasteiger partial charge in [-0.3, -0.25) is 0 Å². The van der Waals surface area contributed by atoms with Gasteiger partial charge in [0.2, 0.25) is 0 Å². The van der Waals surface area contributed by atoms with Crippen LogP contribution in [0.25, 0.3) is 0 Å². The van der Waals surface area contributed by atoms with Gasteiger partial charge in [-0.25, -0.2) is 0 Å². The van der Waals surface area contributed by atoms with Crippen LogP contribution in [0.15, 0.2) is 0 Å². The van der Waals surface area contributed by atoms with Crippen LogP contribution >= 0.6 is 0 Å². The lowest BCUT2D eigenvalue weighted by Crippen LogP contribution is -2.45. The van der Waals surface area contributed by atoms with Gasteiger partial charge in [0.05, 0.1) is 26.2 Å². The maximum absolute atomic E-state index is 8.89. The molecule has 0 aliphatic carbocycles. The number of aliphatic carboxylic acids is 1. The Labute approximate surface area is 87.3 Å². The van der Waals surface area contributed by atoms with Gasteiger partial charge in [-0.2, -0.15) is 0 Å². The van der Waals surface area contributed by atoms with Gasteiger partial charge < -0.3 is 14.4 Å². The maximum Gasteiger partial charge on any atom is 0.0788 e. The topological polar surface area (TPSA) is 40.1 Å². The molecule has 0 aromatic rings. The molecule has 0 bridgehead atoms. The Morgan fingerprint density at radius 3 is 2.00 bits per heavy atom. The van der Waals surface area contributed by atoms with Crippen LogP contribution < -0.4 is 5.11 Å². The summed E-state index contributed by atoms with van der Waals surface area (Å²) in [6.45, 7) is 11.3. The Hall–Kier alpha value is -0.570. The van der Waals surface area contributed by atoms with E-state index >= 15 is 0 Å². The van der Waals surface area contributed by atoms with E-state index in [1.54, 1.807) is 0 Å². The zero-order chi connectivity index (χ0) is 11.0. The van der Waals surface area contributed by atoms with Crippen LogP contribution in [0.4, 0.5) is 0 Å². The number of carboxylic acid groups (broad SMARTS) is 1. The molecule has 1 fully saturated rings. The summed E-state index contributed by atoms with van der Waals surface area (Å²) in [6, 6.07) is 0. The van der Waals surface area contributed by atoms with E-state index < -0.39 is 5.97 Å². The molecular weight excluding hydrogens is 178 g/mol. The van der Waals surface area contributed by atoms with Crippen LogP contribution in [0.3, 0.4) is 0 Å². The molecule has 1 aliphatic heterocycles. The molecule has 0 saturated carbocycles. The van der Waals surface area contributed by atoms with Crippen LogP contribution in [0.2, 0.25) is 0 Å². The minimum Gasteiger partial charge on any atom is -0.550 e. The SMILES string of the molecule is CC(=O)[O-].CCC[N+]1(CC)CCCC1. The minimum atomic E-state index is -1.08. The van der Waals surface area contributed by atoms with Gasteiger partial charge in [0.15, 0.2) is 0 Å². The van der Waals surface area contributed by atoms with Crippen LogP contribution in [-0.4, -0.2) is 36.6 Å². The lowest BCUT2D eigenvalue weighted by atomic mass is 10.3. The smallest absolute Gasteiger partial charge is 0.0788 e. The zero-order valence-electron chi connectivity index (χ0n) is 9.71. The molecule has 0 amide bonds. The standard InChI is InChI=1S/C9H20N.C2H4O2/c1-3-7-10(4-2)8-5-6-9-10;1-2(3)4/h3-9H2,1-2H3;1H3,(H,3,4)/q+1;/p-1. The molecule has 0 spiro atoms. The fourth-order valence-electron chi connectivity index (χ4n) is 2.18. The Morgan fingerprint density at radius 1 is 1.29 bits per heavy atom. The number of hydrogen-bond acceptors (Lipinski definition) is 2. The predicted octanol–water partition coefficient (Wildman–Crippen LogP) is 0.783. The van der Waals surface area contributed by atoms with Crippen LogP contribution in [-0.2, 0) is 4.79 Å². The zero-order valence-corrected chi connectivity index (χ0v) is 9.71. The van der Waals surface area contributed by atoms with E-state index in [0.29, 0.717) is 0 Å². The molecule has 14 heavy (non-hydrogen) atoms. The van der Waals surface area contributed by atoms with E-state index in [2.05, 4.69) is 13.8 Å². The van der Waals surface area contributed by atoms with Gasteiger partial charge in [-0.05, 0) is 20.3 Å². The van der Waals surface area contributed by atoms with Crippen molar-refractivity contribution in [3.8, 4) is 0 Å². The Balaban J connectivity index is 0.000000364. The first kappa shape index (κ1) is 13.4. The summed E-state index contributed by atoms with van der Waals surface area (Å²) in [5.74, 6) is -1.08. The summed E-state index contributed by atoms with van der Waals surface area (Å²) >= 11 is 0. The molecule has 1 rings (SSSR count). The van der Waals surface area contributed by atoms with E-state index in [1.807, 2.05) is 0 Å². The van der Waals surface area contributed by atoms with E-state index in [4.69, 9.17) is 9.90 Å². The van der Waals surface area contributed by atoms with Gasteiger partial charge in [-0.1, -0.05) is 6.92 Å². The van der Waals surface area contributed by atoms with Crippen molar-refractivity contribution in [3.63, 3.8) is 0 Å². The molecule has 1 saturated heterocycles. The molecule has 84 valence electrons. The van der Waals surface area contributed by atoms with Gasteiger partial charge in [0, 0.05) is 18.8 Å². The van der Waals surface area contributed by atoms with Crippen LogP contribution in [0, 0.1) is 0 Å². The molecule has 3 heteroatoms. The number of hydrogen-bond donors (Lipinski definition) is 0. The summed E-state index contributed by atoms with van der Waals surface area (Å²) in [5.41, 5.74) is 0. The average molecular weight is 201 g/mol. The van der Waals surface area contributed by atoms with Crippen molar-refractivity contribution in [3.05, 3.63) is 0 Å². The molecule has 3 nitrogen and oxygen atoms in total. The first-order valence-corrected chi connectivity index (χ1v) is 5.59. The van der Waals surface area contributed by atoms with E-state index in [9.17, 15) is 0 Å². The summed E-state index contributed by atoms with van der Waals surface area (Å²) in [5, 5.41) is 8.89. The third kappa shape index (κ3) is 5.22. The number of carbonyl (C=O) groups excluding carboxylic acids is 1. The van der Waals surface area contributed by atoms with E-state index in [0.717, 1.165) is 6.92 Å². The Kier molecular flexibility index (Phi) is 6.54. The van der Waals surface area contributed by atoms with E-state index in [-0.39, 0.29) is 0 Å². The maximum atomic E-state index is 8.89. The third-order valence-electron chi connectivity index (χ3n) is 2.88. The summed E-state index contributed by atoms with van der Waals surface area (Å²) in [7, 11) is 0. The van der Waals surface area contributed by atoms with Crippen molar-refractivity contribution in [1.82, 2.24) is 0 Å². The number of carboxylic acids is 1. The molecule has 1 heterocycles. The quantitative estimate of drug-likeness (QED) is 0.633. The van der Waals surface area contributed by atoms with Gasteiger partial charge in [0.25, 0.3) is 0 Å². The number of nitrogens with zero attached hydrogens (tertiary/aromatic N) is 1. The number of rotatable bonds is 3. The van der Waals surface area contributed by atoms with E-state index in [1.165, 1.54) is 49.9 Å². The fourth-order valence-corrected chi connectivity index (χ4v) is 2.18. The fraction of sp³-hybridized carbons (Fsp3) is 0.909. The molecule has 0 aromatic carbocycles. The Morgan fingerprint density at radius 2 is 1.71 bits per heavy atom. The minimum absolute atomic E-state index is 0.972. The first-order chi connectivity index (χ1) is 6.56. The highest BCUT2D eigenvalue weighted by atomic mass is 16.4. The normalized spacial score (nSPS) is 18.5. The lowest BCUT2D eigenvalue weighted by Gasteiger charge is -2.32. The van der Waals surface area contributed by atoms with Crippen molar-refractivity contribution in [2.24, 2.45) is 0 Å². The average Bonchev–Trinajstić information content (AvgIpc) is 2.53. The lowest BCUT2D eigenvalue weighted by molar-refractivity contribution is -0.915. The predicted molar refractivity (Wildman–Crippen MR) is 55.6 cm³/mol. The summed E-state index contributed by atoms with van der Waals surface area (Å²) < 4.78 is 1.41. The Bertz CT molecular complexity index is 159. The monoisotopic (exact) mass is 201 g/mol. The van der Waals surface area contributed by atoms with Crippen molar-refractivity contribution in [2.75, 3.05) is 26.2 Å². The van der Waals surface area contributed by atoms with Crippen molar-refractivity contribution < 1.29 is 14.4 Å². The van der Waals surface area contributed by atoms with Crippen molar-refractivity contribution >= 4 is 5.97 Å². The highest BCUT2D eigenvalue weighted by Crippen LogP contribution is 2.18. The highest BCUT2D eigenvalue weighted by Gasteiger charge is 2.28. The summed E-state index contributed by atoms with van der Waals surface area (Å²) in [6.07, 6.45) is 4.29. The molecule has 0 N–H and O–H groups in total. The molecule has 0 aromatic heterocycles. The largest absolute Gasteiger partial charge is 0.550 e. The van der Waals surface area contributed by atoms with Crippen LogP contribution in [0.1, 0.15) is 40.0 Å². The highest BCUT2D eigenvalue weighted by molar-refractivity contribution is 5.60. The van der Waals surface area contributed by atoms with Crippen LogP contribution in [0.5, 0.6) is 0 Å². The number of quaternary nitrogens is 1. The number of carbonyl (C=O) groups is 1. The van der Waals surface area contributed by atoms with Gasteiger partial charge >= 0.3 is 0 Å². The van der Waals surface area contributed by atoms with Crippen molar-refractivity contribution in [2.45, 2.75) is 40.0 Å². The summed E-state index contributed by atoms with van der Waals surface area (Å²) in [4.78, 5) is 8.89. The van der Waals surface area contributed by atoms with Crippen molar-refractivity contribution in [1.29, 1.82) is 0 Å². The molecule has 0 atom stereocenters. The first-order valence-electron chi connectivity index (χ1n) is 5.59. The second-order valence-electron chi connectivity index (χ2n) is 4.03. The molecular formula is C11H23NO2. The number of likely N-dealkylation sites (tertiary alicyclic amines) is 1.